The molecule has 0 aliphatic carbocycles. The highest BCUT2D eigenvalue weighted by molar-refractivity contribution is 6.29. The molecule has 2 N–H and O–H groups in total. The lowest BCUT2D eigenvalue weighted by atomic mass is 10.0. The number of aliphatic hydroxyl groups is 1. The Morgan fingerprint density at radius 1 is 1.61 bits per heavy atom. The van der Waals surface area contributed by atoms with Crippen LogP contribution >= 0.6 is 11.6 Å². The number of aromatic nitrogens is 2. The van der Waals surface area contributed by atoms with Crippen molar-refractivity contribution in [2.24, 2.45) is 0 Å². The highest BCUT2D eigenvalue weighted by Gasteiger charge is 2.32. The van der Waals surface area contributed by atoms with Crippen LogP contribution in [0.2, 0.25) is 5.15 Å². The average Bonchev–Trinajstić information content (AvgIpc) is 2.74. The normalized spacial score (nSPS) is 23.3. The maximum absolute atomic E-state index is 10.1. The zero-order valence-electron chi connectivity index (χ0n) is 10.1. The van der Waals surface area contributed by atoms with Gasteiger partial charge in [0.05, 0.1) is 6.61 Å². The molecule has 0 bridgehead atoms. The lowest BCUT2D eigenvalue weighted by Gasteiger charge is -2.21. The second-order valence-corrected chi connectivity index (χ2v) is 4.69. The minimum Gasteiger partial charge on any atom is -0.386 e. The predicted octanol–water partition coefficient (Wildman–Crippen LogP) is 0.840. The van der Waals surface area contributed by atoms with Crippen LogP contribution in [0.4, 0.5) is 5.82 Å². The molecule has 0 saturated carbocycles. The van der Waals surface area contributed by atoms with E-state index < -0.39 is 5.60 Å². The Balaban J connectivity index is 2.00. The van der Waals surface area contributed by atoms with E-state index in [-0.39, 0.29) is 0 Å². The quantitative estimate of drug-likeness (QED) is 0.774. The second-order valence-electron chi connectivity index (χ2n) is 4.31. The van der Waals surface area contributed by atoms with Gasteiger partial charge in [-0.15, -0.1) is 0 Å². The molecule has 6 nitrogen and oxygen atoms in total. The summed E-state index contributed by atoms with van der Waals surface area (Å²) < 4.78 is 10.1. The van der Waals surface area contributed by atoms with Gasteiger partial charge in [0.2, 0.25) is 0 Å². The molecule has 1 fully saturated rings. The van der Waals surface area contributed by atoms with Crippen LogP contribution in [0.1, 0.15) is 12.2 Å². The van der Waals surface area contributed by atoms with E-state index in [0.29, 0.717) is 49.6 Å². The van der Waals surface area contributed by atoms with Crippen LogP contribution in [-0.4, -0.2) is 47.5 Å². The summed E-state index contributed by atoms with van der Waals surface area (Å²) in [6.07, 6.45) is 0.615. The van der Waals surface area contributed by atoms with Gasteiger partial charge in [-0.1, -0.05) is 11.6 Å². The lowest BCUT2D eigenvalue weighted by Crippen LogP contribution is -2.37. The fourth-order valence-electron chi connectivity index (χ4n) is 1.74. The topological polar surface area (TPSA) is 76.5 Å². The van der Waals surface area contributed by atoms with Gasteiger partial charge in [-0.2, -0.15) is 0 Å². The molecular formula is C11H16ClN3O3. The Bertz CT molecular complexity index is 411. The fourth-order valence-corrected chi connectivity index (χ4v) is 1.94. The summed E-state index contributed by atoms with van der Waals surface area (Å²) in [5, 5.41) is 13.5. The first-order chi connectivity index (χ1) is 8.61. The molecule has 0 spiro atoms. The number of ether oxygens (including phenoxy) is 2. The van der Waals surface area contributed by atoms with E-state index in [1.165, 1.54) is 0 Å². The van der Waals surface area contributed by atoms with Gasteiger partial charge in [-0.05, 0) is 0 Å². The Hall–Kier alpha value is -0.950. The molecule has 18 heavy (non-hydrogen) atoms. The molecule has 2 rings (SSSR count). The molecule has 1 aliphatic rings. The average molecular weight is 274 g/mol. The van der Waals surface area contributed by atoms with Crippen molar-refractivity contribution in [3.63, 3.8) is 0 Å². The predicted molar refractivity (Wildman–Crippen MR) is 66.6 cm³/mol. The first-order valence-electron chi connectivity index (χ1n) is 5.68. The number of nitrogens with zero attached hydrogens (tertiary/aromatic N) is 2. The van der Waals surface area contributed by atoms with Crippen molar-refractivity contribution in [1.82, 2.24) is 9.97 Å². The van der Waals surface area contributed by atoms with Crippen LogP contribution < -0.4 is 5.32 Å². The number of hydrogen-bond donors (Lipinski definition) is 2. The van der Waals surface area contributed by atoms with Crippen molar-refractivity contribution < 1.29 is 14.6 Å². The molecule has 1 aromatic heterocycles. The summed E-state index contributed by atoms with van der Waals surface area (Å²) in [7, 11) is 1.57. The van der Waals surface area contributed by atoms with Crippen molar-refractivity contribution in [1.29, 1.82) is 0 Å². The summed E-state index contributed by atoms with van der Waals surface area (Å²) in [4.78, 5) is 8.25. The van der Waals surface area contributed by atoms with E-state index in [0.717, 1.165) is 0 Å². The molecule has 1 aromatic rings. The smallest absolute Gasteiger partial charge is 0.158 e. The molecule has 0 amide bonds. The van der Waals surface area contributed by atoms with Gasteiger partial charge < -0.3 is 19.9 Å². The summed E-state index contributed by atoms with van der Waals surface area (Å²) in [5.41, 5.74) is -0.834. The van der Waals surface area contributed by atoms with Crippen LogP contribution in [0.15, 0.2) is 6.07 Å². The van der Waals surface area contributed by atoms with Crippen LogP contribution in [0.5, 0.6) is 0 Å². The van der Waals surface area contributed by atoms with Crippen LogP contribution in [0.25, 0.3) is 0 Å². The van der Waals surface area contributed by atoms with E-state index in [9.17, 15) is 5.11 Å². The van der Waals surface area contributed by atoms with Crippen LogP contribution in [-0.2, 0) is 16.1 Å². The standard InChI is InChI=1S/C11H16ClN3O3/c1-17-5-10-14-8(12)4-9(15-10)13-6-11(16)2-3-18-7-11/h4,16H,2-3,5-7H2,1H3,(H,13,14,15). The third-order valence-corrected chi connectivity index (χ3v) is 2.89. The molecule has 0 aromatic carbocycles. The SMILES string of the molecule is COCc1nc(Cl)cc(NCC2(O)CCOC2)n1. The molecule has 1 saturated heterocycles. The van der Waals surface area contributed by atoms with Gasteiger partial charge in [0.15, 0.2) is 5.82 Å². The highest BCUT2D eigenvalue weighted by Crippen LogP contribution is 2.19. The maximum atomic E-state index is 10.1. The fraction of sp³-hybridized carbons (Fsp3) is 0.636. The molecule has 1 aliphatic heterocycles. The number of methoxy groups -OCH3 is 1. The third kappa shape index (κ3) is 3.52. The minimum absolute atomic E-state index is 0.294. The van der Waals surface area contributed by atoms with E-state index in [1.807, 2.05) is 0 Å². The molecular weight excluding hydrogens is 258 g/mol. The van der Waals surface area contributed by atoms with Crippen molar-refractivity contribution >= 4 is 17.4 Å². The number of rotatable bonds is 5. The zero-order valence-corrected chi connectivity index (χ0v) is 10.9. The van der Waals surface area contributed by atoms with Crippen molar-refractivity contribution in [3.8, 4) is 0 Å². The third-order valence-electron chi connectivity index (χ3n) is 2.70. The lowest BCUT2D eigenvalue weighted by molar-refractivity contribution is 0.0381. The first kappa shape index (κ1) is 13.5. The second kappa shape index (κ2) is 5.79. The molecule has 100 valence electrons. The highest BCUT2D eigenvalue weighted by atomic mass is 35.5. The minimum atomic E-state index is -0.834. The van der Waals surface area contributed by atoms with Crippen molar-refractivity contribution in [2.45, 2.75) is 18.6 Å². The van der Waals surface area contributed by atoms with Crippen molar-refractivity contribution in [2.75, 3.05) is 32.2 Å². The molecule has 7 heteroatoms. The Labute approximate surface area is 110 Å². The molecule has 0 radical (unpaired) electrons. The Morgan fingerprint density at radius 3 is 3.11 bits per heavy atom. The first-order valence-corrected chi connectivity index (χ1v) is 6.05. The van der Waals surface area contributed by atoms with Crippen molar-refractivity contribution in [3.05, 3.63) is 17.0 Å². The van der Waals surface area contributed by atoms with E-state index >= 15 is 0 Å². The Morgan fingerprint density at radius 2 is 2.44 bits per heavy atom. The number of halogens is 1. The molecule has 2 heterocycles. The van der Waals surface area contributed by atoms with E-state index in [2.05, 4.69) is 15.3 Å². The summed E-state index contributed by atoms with van der Waals surface area (Å²) in [6, 6.07) is 1.61. The molecule has 1 unspecified atom stereocenters. The van der Waals surface area contributed by atoms with E-state index in [1.54, 1.807) is 13.2 Å². The van der Waals surface area contributed by atoms with Crippen LogP contribution in [0, 0.1) is 0 Å². The zero-order chi connectivity index (χ0) is 13.0. The van der Waals surface area contributed by atoms with Gasteiger partial charge in [0.25, 0.3) is 0 Å². The number of anilines is 1. The van der Waals surface area contributed by atoms with Gasteiger partial charge in [-0.3, -0.25) is 0 Å². The summed E-state index contributed by atoms with van der Waals surface area (Å²) >= 11 is 5.88. The maximum Gasteiger partial charge on any atom is 0.158 e. The molecule has 1 atom stereocenters. The summed E-state index contributed by atoms with van der Waals surface area (Å²) in [6.45, 7) is 1.58. The van der Waals surface area contributed by atoms with Gasteiger partial charge >= 0.3 is 0 Å². The largest absolute Gasteiger partial charge is 0.386 e. The van der Waals surface area contributed by atoms with Gasteiger partial charge in [0.1, 0.15) is 23.2 Å². The van der Waals surface area contributed by atoms with E-state index in [4.69, 9.17) is 21.1 Å². The Kier molecular flexibility index (Phi) is 4.34. The monoisotopic (exact) mass is 273 g/mol. The van der Waals surface area contributed by atoms with Gasteiger partial charge in [0, 0.05) is 32.7 Å². The van der Waals surface area contributed by atoms with Gasteiger partial charge in [-0.25, -0.2) is 9.97 Å². The number of hydrogen-bond acceptors (Lipinski definition) is 6. The number of nitrogens with one attached hydrogen (secondary N) is 1. The van der Waals surface area contributed by atoms with Crippen LogP contribution in [0.3, 0.4) is 0 Å². The summed E-state index contributed by atoms with van der Waals surface area (Å²) in [5.74, 6) is 1.07.